The van der Waals surface area contributed by atoms with Gasteiger partial charge in [0.1, 0.15) is 6.04 Å². The summed E-state index contributed by atoms with van der Waals surface area (Å²) in [4.78, 5) is 34.2. The van der Waals surface area contributed by atoms with E-state index in [2.05, 4.69) is 5.32 Å². The highest BCUT2D eigenvalue weighted by Crippen LogP contribution is 2.02. The molecule has 1 aliphatic heterocycles. The van der Waals surface area contributed by atoms with Gasteiger partial charge in [0.2, 0.25) is 0 Å². The zero-order valence-electron chi connectivity index (χ0n) is 9.13. The van der Waals surface area contributed by atoms with Gasteiger partial charge in [-0.3, -0.25) is 4.79 Å². The molecule has 2 amide bonds. The molecule has 0 radical (unpaired) electrons. The van der Waals surface area contributed by atoms with Crippen molar-refractivity contribution in [3.8, 4) is 0 Å². The van der Waals surface area contributed by atoms with Gasteiger partial charge in [-0.15, -0.1) is 0 Å². The molecule has 1 rings (SSSR count). The lowest BCUT2D eigenvalue weighted by molar-refractivity contribution is -0.145. The SMILES string of the molecule is O=C(O)C[C@H](NC(=O)N1CC=CCC1)C(=O)O. The minimum absolute atomic E-state index is 0.408. The van der Waals surface area contributed by atoms with E-state index in [4.69, 9.17) is 10.2 Å². The van der Waals surface area contributed by atoms with Crippen molar-refractivity contribution in [3.05, 3.63) is 12.2 Å². The molecule has 0 aliphatic carbocycles. The number of carbonyl (C=O) groups is 3. The van der Waals surface area contributed by atoms with Crippen molar-refractivity contribution in [1.29, 1.82) is 0 Å². The maximum absolute atomic E-state index is 11.6. The number of amides is 2. The molecule has 0 saturated carbocycles. The first kappa shape index (κ1) is 13.0. The van der Waals surface area contributed by atoms with Gasteiger partial charge >= 0.3 is 18.0 Å². The van der Waals surface area contributed by atoms with Crippen LogP contribution >= 0.6 is 0 Å². The fourth-order valence-electron chi connectivity index (χ4n) is 1.44. The van der Waals surface area contributed by atoms with Crippen LogP contribution in [0.3, 0.4) is 0 Å². The highest BCUT2D eigenvalue weighted by Gasteiger charge is 2.25. The summed E-state index contributed by atoms with van der Waals surface area (Å²) >= 11 is 0. The van der Waals surface area contributed by atoms with Gasteiger partial charge in [0.25, 0.3) is 0 Å². The Kier molecular flexibility index (Phi) is 4.50. The molecule has 0 aromatic carbocycles. The van der Waals surface area contributed by atoms with E-state index in [9.17, 15) is 14.4 Å². The van der Waals surface area contributed by atoms with Crippen molar-refractivity contribution < 1.29 is 24.6 Å². The largest absolute Gasteiger partial charge is 0.481 e. The van der Waals surface area contributed by atoms with Crippen LogP contribution in [0.5, 0.6) is 0 Å². The number of hydrogen-bond acceptors (Lipinski definition) is 3. The van der Waals surface area contributed by atoms with Crippen LogP contribution in [0.15, 0.2) is 12.2 Å². The monoisotopic (exact) mass is 242 g/mol. The van der Waals surface area contributed by atoms with Crippen LogP contribution in [0.2, 0.25) is 0 Å². The second kappa shape index (κ2) is 5.88. The Morgan fingerprint density at radius 3 is 2.47 bits per heavy atom. The second-order valence-electron chi connectivity index (χ2n) is 3.64. The first-order chi connectivity index (χ1) is 8.00. The summed E-state index contributed by atoms with van der Waals surface area (Å²) in [5, 5.41) is 19.5. The van der Waals surface area contributed by atoms with Crippen LogP contribution in [-0.4, -0.2) is 52.2 Å². The van der Waals surface area contributed by atoms with Gasteiger partial charge in [-0.05, 0) is 6.42 Å². The highest BCUT2D eigenvalue weighted by atomic mass is 16.4. The molecule has 0 aromatic rings. The Bertz CT molecular complexity index is 353. The van der Waals surface area contributed by atoms with Gasteiger partial charge < -0.3 is 20.4 Å². The molecule has 0 spiro atoms. The Morgan fingerprint density at radius 1 is 1.29 bits per heavy atom. The number of urea groups is 1. The number of rotatable bonds is 4. The van der Waals surface area contributed by atoms with E-state index >= 15 is 0 Å². The lowest BCUT2D eigenvalue weighted by Crippen LogP contribution is -2.49. The average Bonchev–Trinajstić information content (AvgIpc) is 2.28. The fraction of sp³-hybridized carbons (Fsp3) is 0.500. The lowest BCUT2D eigenvalue weighted by atomic mass is 10.2. The van der Waals surface area contributed by atoms with Crippen molar-refractivity contribution in [3.63, 3.8) is 0 Å². The maximum Gasteiger partial charge on any atom is 0.326 e. The van der Waals surface area contributed by atoms with E-state index in [-0.39, 0.29) is 0 Å². The summed E-state index contributed by atoms with van der Waals surface area (Å²) in [5.74, 6) is -2.62. The first-order valence-electron chi connectivity index (χ1n) is 5.15. The molecule has 0 bridgehead atoms. The van der Waals surface area contributed by atoms with Crippen molar-refractivity contribution >= 4 is 18.0 Å². The summed E-state index contributed by atoms with van der Waals surface area (Å²) in [6, 6.07) is -1.95. The third-order valence-electron chi connectivity index (χ3n) is 2.32. The average molecular weight is 242 g/mol. The molecule has 7 heteroatoms. The molecule has 17 heavy (non-hydrogen) atoms. The van der Waals surface area contributed by atoms with Gasteiger partial charge in [0, 0.05) is 13.1 Å². The standard InChI is InChI=1S/C10H14N2O5/c13-8(14)6-7(9(15)16)11-10(17)12-4-2-1-3-5-12/h1-2,7H,3-6H2,(H,11,17)(H,13,14)(H,15,16)/t7-/m0/s1. The van der Waals surface area contributed by atoms with Gasteiger partial charge in [0.05, 0.1) is 6.42 Å². The molecule has 0 fully saturated rings. The van der Waals surface area contributed by atoms with E-state index in [0.717, 1.165) is 0 Å². The lowest BCUT2D eigenvalue weighted by Gasteiger charge is -2.25. The van der Waals surface area contributed by atoms with Crippen molar-refractivity contribution in [2.24, 2.45) is 0 Å². The summed E-state index contributed by atoms with van der Waals surface area (Å²) < 4.78 is 0. The first-order valence-corrected chi connectivity index (χ1v) is 5.15. The number of carboxylic acids is 2. The summed E-state index contributed by atoms with van der Waals surface area (Å²) in [5.41, 5.74) is 0. The Morgan fingerprint density at radius 2 is 2.00 bits per heavy atom. The number of aliphatic carboxylic acids is 2. The number of nitrogens with zero attached hydrogens (tertiary/aromatic N) is 1. The minimum atomic E-state index is -1.40. The van der Waals surface area contributed by atoms with Gasteiger partial charge in [-0.2, -0.15) is 0 Å². The van der Waals surface area contributed by atoms with E-state index < -0.39 is 30.4 Å². The molecular weight excluding hydrogens is 228 g/mol. The third-order valence-corrected chi connectivity index (χ3v) is 2.32. The number of hydrogen-bond donors (Lipinski definition) is 3. The van der Waals surface area contributed by atoms with E-state index in [0.29, 0.717) is 19.5 Å². The Hall–Kier alpha value is -2.05. The zero-order chi connectivity index (χ0) is 12.8. The fourth-order valence-corrected chi connectivity index (χ4v) is 1.44. The van der Waals surface area contributed by atoms with Crippen LogP contribution in [0.1, 0.15) is 12.8 Å². The molecule has 1 atom stereocenters. The number of carboxylic acid groups (broad SMARTS) is 2. The molecule has 1 aliphatic rings. The Balaban J connectivity index is 2.54. The predicted octanol–water partition coefficient (Wildman–Crippen LogP) is -0.114. The predicted molar refractivity (Wildman–Crippen MR) is 57.5 cm³/mol. The van der Waals surface area contributed by atoms with Crippen LogP contribution in [0.4, 0.5) is 4.79 Å². The molecular formula is C10H14N2O5. The minimum Gasteiger partial charge on any atom is -0.481 e. The molecule has 94 valence electrons. The van der Waals surface area contributed by atoms with E-state index in [1.54, 1.807) is 6.08 Å². The molecule has 0 unspecified atom stereocenters. The summed E-state index contributed by atoms with van der Waals surface area (Å²) in [6.45, 7) is 0.910. The molecule has 3 N–H and O–H groups in total. The normalized spacial score (nSPS) is 16.4. The van der Waals surface area contributed by atoms with Crippen LogP contribution < -0.4 is 5.32 Å². The molecule has 0 saturated heterocycles. The third kappa shape index (κ3) is 4.13. The van der Waals surface area contributed by atoms with E-state index in [1.165, 1.54) is 4.90 Å². The number of carbonyl (C=O) groups excluding carboxylic acids is 1. The highest BCUT2D eigenvalue weighted by molar-refractivity contribution is 5.86. The van der Waals surface area contributed by atoms with Crippen molar-refractivity contribution in [1.82, 2.24) is 10.2 Å². The second-order valence-corrected chi connectivity index (χ2v) is 3.64. The number of nitrogens with one attached hydrogen (secondary N) is 1. The van der Waals surface area contributed by atoms with Gasteiger partial charge in [-0.1, -0.05) is 12.2 Å². The summed E-state index contributed by atoms with van der Waals surface area (Å²) in [6.07, 6.45) is 3.81. The molecule has 7 nitrogen and oxygen atoms in total. The molecule has 0 aromatic heterocycles. The van der Waals surface area contributed by atoms with Gasteiger partial charge in [0.15, 0.2) is 0 Å². The Labute approximate surface area is 97.7 Å². The van der Waals surface area contributed by atoms with Crippen molar-refractivity contribution in [2.45, 2.75) is 18.9 Å². The van der Waals surface area contributed by atoms with Gasteiger partial charge in [-0.25, -0.2) is 9.59 Å². The topological polar surface area (TPSA) is 107 Å². The van der Waals surface area contributed by atoms with Crippen LogP contribution in [0.25, 0.3) is 0 Å². The van der Waals surface area contributed by atoms with Crippen LogP contribution in [0, 0.1) is 0 Å². The smallest absolute Gasteiger partial charge is 0.326 e. The summed E-state index contributed by atoms with van der Waals surface area (Å²) in [7, 11) is 0. The quantitative estimate of drug-likeness (QED) is 0.596. The van der Waals surface area contributed by atoms with Crippen LogP contribution in [-0.2, 0) is 9.59 Å². The maximum atomic E-state index is 11.6. The van der Waals surface area contributed by atoms with Crippen molar-refractivity contribution in [2.75, 3.05) is 13.1 Å². The van der Waals surface area contributed by atoms with E-state index in [1.807, 2.05) is 6.08 Å². The zero-order valence-corrected chi connectivity index (χ0v) is 9.13. The molecule has 1 heterocycles.